The van der Waals surface area contributed by atoms with Crippen molar-refractivity contribution in [3.05, 3.63) is 76.2 Å². The molecule has 7 nitrogen and oxygen atoms in total. The first-order valence-corrected chi connectivity index (χ1v) is 12.9. The number of anilines is 1. The predicted molar refractivity (Wildman–Crippen MR) is 143 cm³/mol. The maximum Gasteiger partial charge on any atom is 0.274 e. The molecule has 1 aliphatic rings. The van der Waals surface area contributed by atoms with E-state index >= 15 is 0 Å². The van der Waals surface area contributed by atoms with Gasteiger partial charge in [-0.2, -0.15) is 9.50 Å². The lowest BCUT2D eigenvalue weighted by Crippen LogP contribution is -2.54. The summed E-state index contributed by atoms with van der Waals surface area (Å²) in [5.41, 5.74) is 3.93. The number of nitrogens with one attached hydrogen (secondary N) is 2. The fourth-order valence-electron chi connectivity index (χ4n) is 6.38. The van der Waals surface area contributed by atoms with Crippen molar-refractivity contribution < 1.29 is 4.74 Å². The Bertz CT molecular complexity index is 1390. The van der Waals surface area contributed by atoms with Crippen LogP contribution in [0.3, 0.4) is 0 Å². The second-order valence-corrected chi connectivity index (χ2v) is 10.3. The Morgan fingerprint density at radius 2 is 1.78 bits per heavy atom. The predicted octanol–water partition coefficient (Wildman–Crippen LogP) is 5.67. The van der Waals surface area contributed by atoms with Gasteiger partial charge >= 0.3 is 0 Å². The van der Waals surface area contributed by atoms with E-state index in [9.17, 15) is 4.79 Å². The lowest BCUT2D eigenvalue weighted by molar-refractivity contribution is 0.00699. The van der Waals surface area contributed by atoms with Crippen LogP contribution >= 0.6 is 0 Å². The maximum atomic E-state index is 12.8. The van der Waals surface area contributed by atoms with Crippen molar-refractivity contribution in [3.8, 4) is 17.1 Å². The van der Waals surface area contributed by atoms with Gasteiger partial charge in [-0.15, -0.1) is 0 Å². The highest BCUT2D eigenvalue weighted by Gasteiger charge is 2.53. The van der Waals surface area contributed by atoms with Crippen LogP contribution in [0, 0.1) is 17.8 Å². The number of ether oxygens (including phenoxy) is 1. The number of aromatic amines is 1. The molecule has 1 saturated carbocycles. The second-order valence-electron chi connectivity index (χ2n) is 10.3. The minimum Gasteiger partial charge on any atom is -0.494 e. The van der Waals surface area contributed by atoms with Crippen LogP contribution in [0.4, 0.5) is 5.69 Å². The molecule has 1 aliphatic carbocycles. The Hall–Kier alpha value is -3.61. The van der Waals surface area contributed by atoms with Crippen LogP contribution in [-0.2, 0) is 12.0 Å². The summed E-state index contributed by atoms with van der Waals surface area (Å²) in [7, 11) is 0. The largest absolute Gasteiger partial charge is 0.494 e. The average Bonchev–Trinajstić information content (AvgIpc) is 3.29. The number of H-pyrrole nitrogens is 1. The van der Waals surface area contributed by atoms with E-state index < -0.39 is 0 Å². The topological polar surface area (TPSA) is 84.3 Å². The van der Waals surface area contributed by atoms with Crippen molar-refractivity contribution in [2.45, 2.75) is 53.0 Å². The van der Waals surface area contributed by atoms with Crippen LogP contribution in [0.25, 0.3) is 17.2 Å². The Morgan fingerprint density at radius 1 is 1.08 bits per heavy atom. The first-order chi connectivity index (χ1) is 17.3. The fourth-order valence-corrected chi connectivity index (χ4v) is 6.38. The molecule has 0 saturated heterocycles. The van der Waals surface area contributed by atoms with Crippen molar-refractivity contribution in [1.29, 1.82) is 0 Å². The van der Waals surface area contributed by atoms with Crippen LogP contribution in [0.2, 0.25) is 0 Å². The summed E-state index contributed by atoms with van der Waals surface area (Å²) in [6.07, 6.45) is 1.27. The lowest BCUT2D eigenvalue weighted by Gasteiger charge is -2.57. The van der Waals surface area contributed by atoms with Crippen molar-refractivity contribution in [2.75, 3.05) is 11.9 Å². The van der Waals surface area contributed by atoms with Crippen molar-refractivity contribution in [1.82, 2.24) is 19.6 Å². The number of hydrogen-bond donors (Lipinski definition) is 2. The summed E-state index contributed by atoms with van der Waals surface area (Å²) in [4.78, 5) is 22.0. The van der Waals surface area contributed by atoms with Crippen molar-refractivity contribution in [2.24, 2.45) is 17.8 Å². The minimum absolute atomic E-state index is 0.185. The molecule has 5 rings (SSSR count). The highest BCUT2D eigenvalue weighted by atomic mass is 16.5. The van der Waals surface area contributed by atoms with Crippen LogP contribution < -0.4 is 15.6 Å². The number of fused-ring (bicyclic) bond motifs is 1. The highest BCUT2D eigenvalue weighted by molar-refractivity contribution is 5.58. The molecule has 188 valence electrons. The van der Waals surface area contributed by atoms with E-state index in [4.69, 9.17) is 4.74 Å². The molecule has 2 aromatic carbocycles. The molecule has 2 aromatic heterocycles. The normalized spacial score (nSPS) is 21.5. The van der Waals surface area contributed by atoms with Gasteiger partial charge in [0.2, 0.25) is 0 Å². The number of hydrogen-bond acceptors (Lipinski definition) is 5. The fraction of sp³-hybridized carbons (Fsp3) is 0.414. The van der Waals surface area contributed by atoms with Crippen LogP contribution in [0.5, 0.6) is 5.75 Å². The molecule has 4 aromatic rings. The van der Waals surface area contributed by atoms with Crippen LogP contribution in [0.1, 0.15) is 52.3 Å². The molecule has 2 unspecified atom stereocenters. The van der Waals surface area contributed by atoms with Crippen LogP contribution in [-0.4, -0.2) is 26.2 Å². The molecule has 0 amide bonds. The molecule has 2 atom stereocenters. The Kier molecular flexibility index (Phi) is 6.33. The smallest absolute Gasteiger partial charge is 0.274 e. The molecule has 0 bridgehead atoms. The zero-order valence-corrected chi connectivity index (χ0v) is 21.7. The molecule has 7 heteroatoms. The van der Waals surface area contributed by atoms with E-state index in [1.807, 2.05) is 31.2 Å². The maximum absolute atomic E-state index is 12.8. The summed E-state index contributed by atoms with van der Waals surface area (Å²) in [5.74, 6) is 3.74. The monoisotopic (exact) mass is 485 g/mol. The number of aromatic nitrogens is 4. The molecule has 0 aliphatic heterocycles. The van der Waals surface area contributed by atoms with Gasteiger partial charge in [-0.1, -0.05) is 52.0 Å². The average molecular weight is 486 g/mol. The number of rotatable bonds is 8. The number of nitrogens with zero attached hydrogens (tertiary/aromatic N) is 3. The first-order valence-electron chi connectivity index (χ1n) is 12.9. The summed E-state index contributed by atoms with van der Waals surface area (Å²) in [6.45, 7) is 12.4. The van der Waals surface area contributed by atoms with E-state index in [-0.39, 0.29) is 11.0 Å². The third-order valence-corrected chi connectivity index (χ3v) is 7.97. The van der Waals surface area contributed by atoms with Gasteiger partial charge < -0.3 is 10.1 Å². The molecule has 0 radical (unpaired) electrons. The van der Waals surface area contributed by atoms with Gasteiger partial charge in [0.15, 0.2) is 5.82 Å². The molecule has 1 fully saturated rings. The molecule has 2 heterocycles. The number of benzene rings is 2. The molecule has 2 N–H and O–H groups in total. The van der Waals surface area contributed by atoms with E-state index in [1.54, 1.807) is 0 Å². The minimum atomic E-state index is -0.185. The third kappa shape index (κ3) is 4.06. The van der Waals surface area contributed by atoms with Gasteiger partial charge in [0.05, 0.1) is 18.8 Å². The zero-order valence-electron chi connectivity index (χ0n) is 21.7. The summed E-state index contributed by atoms with van der Waals surface area (Å²) in [5, 5.41) is 6.43. The zero-order chi connectivity index (χ0) is 25.4. The first kappa shape index (κ1) is 24.1. The van der Waals surface area contributed by atoms with Gasteiger partial charge in [0, 0.05) is 22.7 Å². The Balaban J connectivity index is 1.36. The molecule has 0 spiro atoms. The SMILES string of the molecule is CCOc1ccc(NCc2cc(=O)n3[nH]c(-c4ccc(C5(C(C)C)C(C)CC5C)cc4)nc3n2)cc1. The van der Waals surface area contributed by atoms with Gasteiger partial charge in [-0.3, -0.25) is 9.89 Å². The van der Waals surface area contributed by atoms with Gasteiger partial charge in [0.1, 0.15) is 5.75 Å². The molecular weight excluding hydrogens is 450 g/mol. The molecule has 36 heavy (non-hydrogen) atoms. The third-order valence-electron chi connectivity index (χ3n) is 7.97. The summed E-state index contributed by atoms with van der Waals surface area (Å²) in [6, 6.07) is 17.9. The van der Waals surface area contributed by atoms with Gasteiger partial charge in [-0.05, 0) is 60.9 Å². The Morgan fingerprint density at radius 3 is 2.39 bits per heavy atom. The summed E-state index contributed by atoms with van der Waals surface area (Å²) >= 11 is 0. The van der Waals surface area contributed by atoms with E-state index in [0.29, 0.717) is 48.2 Å². The van der Waals surface area contributed by atoms with Gasteiger partial charge in [-0.25, -0.2) is 4.98 Å². The van der Waals surface area contributed by atoms with E-state index in [2.05, 4.69) is 72.3 Å². The van der Waals surface area contributed by atoms with Crippen molar-refractivity contribution >= 4 is 11.5 Å². The quantitative estimate of drug-likeness (QED) is 0.336. The second kappa shape index (κ2) is 9.45. The van der Waals surface area contributed by atoms with E-state index in [1.165, 1.54) is 22.6 Å². The highest BCUT2D eigenvalue weighted by Crippen LogP contribution is 2.57. The van der Waals surface area contributed by atoms with E-state index in [0.717, 1.165) is 17.0 Å². The lowest BCUT2D eigenvalue weighted by atomic mass is 9.47. The van der Waals surface area contributed by atoms with Crippen LogP contribution in [0.15, 0.2) is 59.4 Å². The van der Waals surface area contributed by atoms with Crippen molar-refractivity contribution in [3.63, 3.8) is 0 Å². The standard InChI is InChI=1S/C29H35N5O2/c1-6-36-25-13-11-23(12-14-25)30-17-24-16-26(35)34-28(31-24)32-27(33-34)21-7-9-22(10-8-21)29(18(2)3)19(4)15-20(29)5/h7-14,16,18-20,30H,6,15,17H2,1-5H3,(H,31,32,33). The molecular formula is C29H35N5O2. The Labute approximate surface area is 211 Å². The van der Waals surface area contributed by atoms with Gasteiger partial charge in [0.25, 0.3) is 11.3 Å². The summed E-state index contributed by atoms with van der Waals surface area (Å²) < 4.78 is 6.88.